The number of halogens is 1. The fraction of sp³-hybridized carbons (Fsp3) is 0.579. The average molecular weight is 717 g/mol. The molecule has 0 bridgehead atoms. The number of amides is 3. The van der Waals surface area contributed by atoms with E-state index >= 15 is 0 Å². The lowest BCUT2D eigenvalue weighted by molar-refractivity contribution is -0.198. The number of carbonyl (C=O) groups excluding carboxylic acids is 4. The topological polar surface area (TPSA) is 135 Å². The molecule has 0 aliphatic heterocycles. The summed E-state index contributed by atoms with van der Waals surface area (Å²) in [4.78, 5) is 53.9. The largest absolute Gasteiger partial charge is 0.433 e. The Hall–Kier alpha value is -3.99. The van der Waals surface area contributed by atoms with Crippen LogP contribution in [0.25, 0.3) is 0 Å². The highest BCUT2D eigenvalue weighted by Crippen LogP contribution is 2.34. The van der Waals surface area contributed by atoms with Crippen molar-refractivity contribution in [2.24, 2.45) is 23.7 Å². The third kappa shape index (κ3) is 14.1. The summed E-state index contributed by atoms with van der Waals surface area (Å²) in [6, 6.07) is 11.7. The van der Waals surface area contributed by atoms with Gasteiger partial charge in [0, 0.05) is 24.7 Å². The van der Waals surface area contributed by atoms with Crippen molar-refractivity contribution in [3.8, 4) is 0 Å². The third-order valence-electron chi connectivity index (χ3n) is 7.87. The number of alkyl halides is 1. The number of alkyl carbamates (subject to hydrolysis) is 1. The Kier molecular flexibility index (Phi) is 17.4. The summed E-state index contributed by atoms with van der Waals surface area (Å²) in [6.07, 6.45) is -1.41. The van der Waals surface area contributed by atoms with Crippen molar-refractivity contribution in [3.63, 3.8) is 0 Å². The zero-order valence-electron chi connectivity index (χ0n) is 31.3. The van der Waals surface area contributed by atoms with Crippen molar-refractivity contribution in [2.75, 3.05) is 34.7 Å². The quantitative estimate of drug-likeness (QED) is 0.0793. The highest BCUT2D eigenvalue weighted by Gasteiger charge is 2.32. The lowest BCUT2D eigenvalue weighted by Gasteiger charge is -2.31. The van der Waals surface area contributed by atoms with Gasteiger partial charge < -0.3 is 35.1 Å². The predicted octanol–water partition coefficient (Wildman–Crippen LogP) is 8.66. The van der Waals surface area contributed by atoms with Crippen LogP contribution in [-0.2, 0) is 23.8 Å². The van der Waals surface area contributed by atoms with Gasteiger partial charge in [0.2, 0.25) is 6.29 Å². The van der Waals surface area contributed by atoms with E-state index in [2.05, 4.69) is 48.5 Å². The first-order valence-corrected chi connectivity index (χ1v) is 18.0. The number of hydrogen-bond donors (Lipinski definition) is 3. The maximum Gasteiger partial charge on any atom is 0.409 e. The number of ether oxygens (including phenoxy) is 3. The number of aryl methyl sites for hydroxylation is 1. The number of carbonyl (C=O) groups is 4. The number of nitrogens with zero attached hydrogens (tertiary/aromatic N) is 1. The Bertz CT molecular complexity index is 1390. The molecule has 0 fully saturated rings. The second-order valence-corrected chi connectivity index (χ2v) is 14.4. The molecule has 2 rings (SSSR count). The molecule has 0 spiro atoms. The van der Waals surface area contributed by atoms with Gasteiger partial charge in [-0.3, -0.25) is 4.79 Å². The van der Waals surface area contributed by atoms with E-state index in [1.165, 1.54) is 0 Å². The molecule has 3 amide bonds. The molecule has 0 aliphatic rings. The van der Waals surface area contributed by atoms with Crippen molar-refractivity contribution in [1.82, 2.24) is 5.32 Å². The molecule has 0 aliphatic carbocycles. The monoisotopic (exact) mass is 716 g/mol. The minimum absolute atomic E-state index is 0.0151. The number of benzene rings is 2. The SMILES string of the molecule is CCC(CC(=O)OC(OC(=O)[C@@H](NC(=O)OCCl)C(C)C)C(C)C)c1ccc(N(CC(C)C)CC(C)C)c(NC(=O)Nc2ccc(C)cc2)c1. The van der Waals surface area contributed by atoms with Gasteiger partial charge in [-0.2, -0.15) is 0 Å². The third-order valence-corrected chi connectivity index (χ3v) is 7.98. The molecule has 0 saturated heterocycles. The minimum atomic E-state index is -1.18. The second kappa shape index (κ2) is 20.6. The fourth-order valence-corrected chi connectivity index (χ4v) is 5.43. The van der Waals surface area contributed by atoms with Crippen LogP contribution in [0.1, 0.15) is 92.2 Å². The summed E-state index contributed by atoms with van der Waals surface area (Å²) in [5.41, 5.74) is 4.14. The van der Waals surface area contributed by atoms with Crippen molar-refractivity contribution in [3.05, 3.63) is 53.6 Å². The van der Waals surface area contributed by atoms with Crippen LogP contribution in [0, 0.1) is 30.6 Å². The molecule has 2 unspecified atom stereocenters. The molecule has 0 saturated carbocycles. The van der Waals surface area contributed by atoms with Gasteiger partial charge in [-0.25, -0.2) is 14.4 Å². The summed E-state index contributed by atoms with van der Waals surface area (Å²) in [6.45, 7) is 21.2. The van der Waals surface area contributed by atoms with E-state index in [0.717, 1.165) is 29.9 Å². The van der Waals surface area contributed by atoms with Crippen LogP contribution in [-0.4, -0.2) is 55.6 Å². The molecular formula is C38H57ClN4O7. The molecular weight excluding hydrogens is 660 g/mol. The number of anilines is 3. The smallest absolute Gasteiger partial charge is 0.409 e. The average Bonchev–Trinajstić information content (AvgIpc) is 3.02. The van der Waals surface area contributed by atoms with Gasteiger partial charge in [-0.05, 0) is 66.8 Å². The van der Waals surface area contributed by atoms with Gasteiger partial charge in [0.25, 0.3) is 0 Å². The maximum atomic E-state index is 13.4. The lowest BCUT2D eigenvalue weighted by Crippen LogP contribution is -2.47. The van der Waals surface area contributed by atoms with Gasteiger partial charge in [0.15, 0.2) is 6.07 Å². The molecule has 2 aromatic rings. The van der Waals surface area contributed by atoms with E-state index in [-0.39, 0.29) is 36.3 Å². The molecule has 0 heterocycles. The number of esters is 2. The molecule has 3 atom stereocenters. The zero-order chi connectivity index (χ0) is 37.5. The molecule has 3 N–H and O–H groups in total. The van der Waals surface area contributed by atoms with Crippen molar-refractivity contribution in [2.45, 2.75) is 100 Å². The molecule has 0 radical (unpaired) electrons. The van der Waals surface area contributed by atoms with E-state index in [1.54, 1.807) is 27.7 Å². The van der Waals surface area contributed by atoms with Crippen molar-refractivity contribution >= 4 is 52.7 Å². The van der Waals surface area contributed by atoms with E-state index in [9.17, 15) is 19.2 Å². The highest BCUT2D eigenvalue weighted by atomic mass is 35.5. The van der Waals surface area contributed by atoms with Crippen LogP contribution in [0.4, 0.5) is 26.7 Å². The molecule has 12 heteroatoms. The zero-order valence-corrected chi connectivity index (χ0v) is 32.1. The molecule has 11 nitrogen and oxygen atoms in total. The first-order chi connectivity index (χ1) is 23.5. The van der Waals surface area contributed by atoms with E-state index < -0.39 is 30.4 Å². The number of hydrogen-bond acceptors (Lipinski definition) is 8. The summed E-state index contributed by atoms with van der Waals surface area (Å²) < 4.78 is 16.0. The highest BCUT2D eigenvalue weighted by molar-refractivity contribution is 6.17. The van der Waals surface area contributed by atoms with Crippen LogP contribution < -0.4 is 20.9 Å². The standard InChI is InChI=1S/C38H57ClN4O7/c1-11-28(19-33(44)49-36(26(8)9)50-35(45)34(25(6)7)42-38(47)48-22-39)29-14-17-32(43(20-23(2)3)21-24(4)5)31(18-29)41-37(46)40-30-15-12-27(10)13-16-30/h12-18,23-26,28,34,36H,11,19-22H2,1-10H3,(H,42,47)(H2,40,41,46)/t28?,34-,36?/m0/s1. The van der Waals surface area contributed by atoms with Crippen LogP contribution in [0.5, 0.6) is 0 Å². The lowest BCUT2D eigenvalue weighted by atomic mass is 9.92. The van der Waals surface area contributed by atoms with Gasteiger partial charge in [-0.1, -0.05) is 97.7 Å². The first-order valence-electron chi connectivity index (χ1n) is 17.5. The summed E-state index contributed by atoms with van der Waals surface area (Å²) >= 11 is 5.46. The number of rotatable bonds is 18. The maximum absolute atomic E-state index is 13.4. The molecule has 2 aromatic carbocycles. The normalized spacial score (nSPS) is 13.1. The summed E-state index contributed by atoms with van der Waals surface area (Å²) in [5.74, 6) is -1.48. The van der Waals surface area contributed by atoms with Gasteiger partial charge in [-0.15, -0.1) is 0 Å². The second-order valence-electron chi connectivity index (χ2n) is 14.2. The van der Waals surface area contributed by atoms with Crippen LogP contribution >= 0.6 is 11.6 Å². The fourth-order valence-electron chi connectivity index (χ4n) is 5.33. The van der Waals surface area contributed by atoms with Crippen molar-refractivity contribution in [1.29, 1.82) is 0 Å². The van der Waals surface area contributed by atoms with Crippen LogP contribution in [0.15, 0.2) is 42.5 Å². The van der Waals surface area contributed by atoms with E-state index in [1.807, 2.05) is 56.3 Å². The molecule has 0 aromatic heterocycles. The minimum Gasteiger partial charge on any atom is -0.433 e. The predicted molar refractivity (Wildman–Crippen MR) is 200 cm³/mol. The van der Waals surface area contributed by atoms with Crippen LogP contribution in [0.2, 0.25) is 0 Å². The summed E-state index contributed by atoms with van der Waals surface area (Å²) in [7, 11) is 0. The van der Waals surface area contributed by atoms with Gasteiger partial charge in [0.1, 0.15) is 6.04 Å². The molecule has 278 valence electrons. The number of nitrogens with one attached hydrogen (secondary N) is 3. The Balaban J connectivity index is 2.33. The Morgan fingerprint density at radius 3 is 1.96 bits per heavy atom. The van der Waals surface area contributed by atoms with E-state index in [0.29, 0.717) is 29.6 Å². The van der Waals surface area contributed by atoms with Gasteiger partial charge in [0.05, 0.1) is 17.8 Å². The van der Waals surface area contributed by atoms with Crippen molar-refractivity contribution < 1.29 is 33.4 Å². The summed E-state index contributed by atoms with van der Waals surface area (Å²) in [5, 5.41) is 8.44. The van der Waals surface area contributed by atoms with Crippen LogP contribution in [0.3, 0.4) is 0 Å². The Morgan fingerprint density at radius 2 is 1.44 bits per heavy atom. The first kappa shape index (κ1) is 42.2. The Labute approximate surface area is 303 Å². The number of urea groups is 1. The molecule has 50 heavy (non-hydrogen) atoms. The van der Waals surface area contributed by atoms with E-state index in [4.69, 9.17) is 25.8 Å². The van der Waals surface area contributed by atoms with Gasteiger partial charge >= 0.3 is 24.1 Å². The Morgan fingerprint density at radius 1 is 0.820 bits per heavy atom.